The minimum atomic E-state index is -0.864. The summed E-state index contributed by atoms with van der Waals surface area (Å²) in [5.41, 5.74) is 2.41. The van der Waals surface area contributed by atoms with Crippen LogP contribution in [0.5, 0.6) is 0 Å². The summed E-state index contributed by atoms with van der Waals surface area (Å²) in [5.74, 6) is -0.624. The number of carbonyl (C=O) groups is 1. The Hall–Kier alpha value is -1.81. The maximum absolute atomic E-state index is 12.1. The van der Waals surface area contributed by atoms with Crippen LogP contribution in [0.25, 0.3) is 5.76 Å². The highest BCUT2D eigenvalue weighted by molar-refractivity contribution is 5.97. The fourth-order valence-corrected chi connectivity index (χ4v) is 2.54. The van der Waals surface area contributed by atoms with E-state index in [1.807, 2.05) is 31.2 Å². The molecule has 0 aliphatic carbocycles. The normalized spacial score (nSPS) is 22.5. The van der Waals surface area contributed by atoms with Crippen molar-refractivity contribution in [3.05, 3.63) is 41.0 Å². The molecular formula is C17H22O4. The average Bonchev–Trinajstić information content (AvgIpc) is 2.82. The zero-order valence-corrected chi connectivity index (χ0v) is 13.1. The molecular weight excluding hydrogens is 268 g/mol. The van der Waals surface area contributed by atoms with E-state index in [2.05, 4.69) is 6.92 Å². The Kier molecular flexibility index (Phi) is 4.68. The molecule has 0 N–H and O–H groups in total. The van der Waals surface area contributed by atoms with Crippen LogP contribution >= 0.6 is 0 Å². The van der Waals surface area contributed by atoms with Gasteiger partial charge in [0.05, 0.1) is 12.7 Å². The molecule has 0 saturated carbocycles. The van der Waals surface area contributed by atoms with Crippen molar-refractivity contribution in [2.24, 2.45) is 0 Å². The topological polar surface area (TPSA) is 44.8 Å². The Morgan fingerprint density at radius 3 is 2.62 bits per heavy atom. The summed E-state index contributed by atoms with van der Waals surface area (Å²) in [6, 6.07) is 7.77. The lowest BCUT2D eigenvalue weighted by atomic mass is 9.99. The van der Waals surface area contributed by atoms with Crippen LogP contribution in [0.15, 0.2) is 29.8 Å². The number of ether oxygens (including phenoxy) is 3. The first-order valence-electron chi connectivity index (χ1n) is 7.23. The monoisotopic (exact) mass is 290 g/mol. The van der Waals surface area contributed by atoms with Crippen molar-refractivity contribution in [3.8, 4) is 0 Å². The quantitative estimate of drug-likeness (QED) is 0.614. The summed E-state index contributed by atoms with van der Waals surface area (Å²) < 4.78 is 16.4. The van der Waals surface area contributed by atoms with Gasteiger partial charge in [0.25, 0.3) is 0 Å². The molecule has 4 nitrogen and oxygen atoms in total. The van der Waals surface area contributed by atoms with Crippen LogP contribution in [-0.4, -0.2) is 20.2 Å². The molecule has 21 heavy (non-hydrogen) atoms. The van der Waals surface area contributed by atoms with Gasteiger partial charge in [-0.15, -0.1) is 0 Å². The molecule has 0 saturated heterocycles. The van der Waals surface area contributed by atoms with Crippen LogP contribution in [0.2, 0.25) is 0 Å². The van der Waals surface area contributed by atoms with Crippen LogP contribution in [0.1, 0.15) is 44.2 Å². The van der Waals surface area contributed by atoms with Crippen LogP contribution in [0.4, 0.5) is 0 Å². The van der Waals surface area contributed by atoms with E-state index in [9.17, 15) is 4.79 Å². The van der Waals surface area contributed by atoms with Gasteiger partial charge in [0.2, 0.25) is 5.79 Å². The molecule has 4 heteroatoms. The number of hydrogen-bond donors (Lipinski definition) is 0. The molecule has 1 heterocycles. The molecule has 0 bridgehead atoms. The van der Waals surface area contributed by atoms with Gasteiger partial charge in [0, 0.05) is 25.2 Å². The van der Waals surface area contributed by atoms with Crippen molar-refractivity contribution in [1.29, 1.82) is 0 Å². The zero-order valence-electron chi connectivity index (χ0n) is 13.1. The van der Waals surface area contributed by atoms with Crippen molar-refractivity contribution < 1.29 is 19.0 Å². The Morgan fingerprint density at radius 2 is 2.00 bits per heavy atom. The molecule has 1 atom stereocenters. The Morgan fingerprint density at radius 1 is 1.29 bits per heavy atom. The highest BCUT2D eigenvalue weighted by atomic mass is 16.7. The van der Waals surface area contributed by atoms with Crippen LogP contribution in [0.3, 0.4) is 0 Å². The van der Waals surface area contributed by atoms with E-state index in [0.717, 1.165) is 24.0 Å². The highest BCUT2D eigenvalue weighted by Crippen LogP contribution is 2.45. The van der Waals surface area contributed by atoms with E-state index >= 15 is 0 Å². The van der Waals surface area contributed by atoms with Gasteiger partial charge in [-0.05, 0) is 12.8 Å². The molecule has 1 aliphatic heterocycles. The van der Waals surface area contributed by atoms with Crippen LogP contribution in [0, 0.1) is 0 Å². The lowest BCUT2D eigenvalue weighted by Gasteiger charge is -2.23. The third-order valence-corrected chi connectivity index (χ3v) is 3.83. The first kappa shape index (κ1) is 15.6. The van der Waals surface area contributed by atoms with E-state index in [0.29, 0.717) is 17.8 Å². The molecule has 1 aromatic carbocycles. The van der Waals surface area contributed by atoms with Crippen molar-refractivity contribution >= 4 is 11.7 Å². The highest BCUT2D eigenvalue weighted by Gasteiger charge is 2.41. The summed E-state index contributed by atoms with van der Waals surface area (Å²) in [7, 11) is 2.99. The van der Waals surface area contributed by atoms with Crippen molar-refractivity contribution in [1.82, 2.24) is 0 Å². The van der Waals surface area contributed by atoms with E-state index in [-0.39, 0.29) is 5.97 Å². The number of methoxy groups -OCH3 is 2. The van der Waals surface area contributed by atoms with E-state index < -0.39 is 5.79 Å². The van der Waals surface area contributed by atoms with E-state index in [4.69, 9.17) is 14.2 Å². The minimum absolute atomic E-state index is 0.339. The molecule has 0 spiro atoms. The second kappa shape index (κ2) is 6.31. The Labute approximate surface area is 125 Å². The van der Waals surface area contributed by atoms with Crippen molar-refractivity contribution in [2.45, 2.75) is 38.9 Å². The van der Waals surface area contributed by atoms with Crippen molar-refractivity contribution in [3.63, 3.8) is 0 Å². The average molecular weight is 290 g/mol. The van der Waals surface area contributed by atoms with Gasteiger partial charge in [-0.1, -0.05) is 37.6 Å². The lowest BCUT2D eigenvalue weighted by Crippen LogP contribution is -2.23. The van der Waals surface area contributed by atoms with Crippen molar-refractivity contribution in [2.75, 3.05) is 14.2 Å². The first-order valence-corrected chi connectivity index (χ1v) is 7.23. The predicted octanol–water partition coefficient (Wildman–Crippen LogP) is 3.61. The van der Waals surface area contributed by atoms with Gasteiger partial charge < -0.3 is 14.2 Å². The third kappa shape index (κ3) is 2.81. The molecule has 0 aromatic heterocycles. The molecule has 0 radical (unpaired) electrons. The van der Waals surface area contributed by atoms with Gasteiger partial charge in [0.15, 0.2) is 0 Å². The SMILES string of the molecule is CCCC/C(C(=O)OC)=C1\OC(C)(OC)c2ccccc21. The summed E-state index contributed by atoms with van der Waals surface area (Å²) in [4.78, 5) is 12.1. The first-order chi connectivity index (χ1) is 10.1. The summed E-state index contributed by atoms with van der Waals surface area (Å²) in [5, 5.41) is 0. The predicted molar refractivity (Wildman–Crippen MR) is 80.3 cm³/mol. The van der Waals surface area contributed by atoms with Gasteiger partial charge >= 0.3 is 5.97 Å². The molecule has 1 aromatic rings. The zero-order chi connectivity index (χ0) is 15.5. The second-order valence-electron chi connectivity index (χ2n) is 5.20. The lowest BCUT2D eigenvalue weighted by molar-refractivity contribution is -0.166. The molecule has 114 valence electrons. The maximum Gasteiger partial charge on any atom is 0.337 e. The number of esters is 1. The second-order valence-corrected chi connectivity index (χ2v) is 5.20. The molecule has 0 fully saturated rings. The molecule has 2 rings (SSSR count). The largest absolute Gasteiger partial charge is 0.466 e. The summed E-state index contributed by atoms with van der Waals surface area (Å²) >= 11 is 0. The van der Waals surface area contributed by atoms with Crippen LogP contribution < -0.4 is 0 Å². The number of unbranched alkanes of at least 4 members (excludes halogenated alkanes) is 1. The number of carbonyl (C=O) groups excluding carboxylic acids is 1. The summed E-state index contributed by atoms with van der Waals surface area (Å²) in [6.07, 6.45) is 2.53. The fourth-order valence-electron chi connectivity index (χ4n) is 2.54. The van der Waals surface area contributed by atoms with Gasteiger partial charge in [-0.3, -0.25) is 0 Å². The summed E-state index contributed by atoms with van der Waals surface area (Å²) in [6.45, 7) is 3.94. The fraction of sp³-hybridized carbons (Fsp3) is 0.471. The maximum atomic E-state index is 12.1. The minimum Gasteiger partial charge on any atom is -0.466 e. The number of fused-ring (bicyclic) bond motifs is 1. The van der Waals surface area contributed by atoms with Gasteiger partial charge in [0.1, 0.15) is 5.76 Å². The van der Waals surface area contributed by atoms with Gasteiger partial charge in [-0.2, -0.15) is 0 Å². The number of benzene rings is 1. The Bertz CT molecular complexity index is 562. The standard InChI is InChI=1S/C17H22O4/c1-5-6-9-13(16(18)19-3)15-12-10-7-8-11-14(12)17(2,20-4)21-15/h7-8,10-11H,5-6,9H2,1-4H3/b15-13+. The number of hydrogen-bond acceptors (Lipinski definition) is 4. The van der Waals surface area contributed by atoms with Crippen LogP contribution in [-0.2, 0) is 24.8 Å². The molecule has 0 amide bonds. The smallest absolute Gasteiger partial charge is 0.337 e. The Balaban J connectivity index is 2.55. The van der Waals surface area contributed by atoms with Gasteiger partial charge in [-0.25, -0.2) is 4.79 Å². The molecule has 1 unspecified atom stereocenters. The van der Waals surface area contributed by atoms with E-state index in [1.165, 1.54) is 7.11 Å². The van der Waals surface area contributed by atoms with E-state index in [1.54, 1.807) is 7.11 Å². The number of rotatable bonds is 5. The third-order valence-electron chi connectivity index (χ3n) is 3.83. The molecule has 1 aliphatic rings.